The molecular formula is C24H28F7N5O3S. The number of aliphatic hydroxyl groups is 1. The zero-order valence-electron chi connectivity index (χ0n) is 21.9. The third-order valence-electron chi connectivity index (χ3n) is 6.04. The first-order valence-corrected chi connectivity index (χ1v) is 13.0. The lowest BCUT2D eigenvalue weighted by atomic mass is 10.1. The smallest absolute Gasteiger partial charge is 0.389 e. The van der Waals surface area contributed by atoms with Gasteiger partial charge in [0.1, 0.15) is 17.6 Å². The Morgan fingerprint density at radius 2 is 1.93 bits per heavy atom. The van der Waals surface area contributed by atoms with Gasteiger partial charge >= 0.3 is 6.18 Å². The number of alkyl halides is 7. The average Bonchev–Trinajstić information content (AvgIpc) is 3.39. The molecule has 222 valence electrons. The van der Waals surface area contributed by atoms with Crippen LogP contribution in [-0.4, -0.2) is 74.7 Å². The summed E-state index contributed by atoms with van der Waals surface area (Å²) in [7, 11) is 0. The van der Waals surface area contributed by atoms with Gasteiger partial charge in [-0.3, -0.25) is 9.59 Å². The summed E-state index contributed by atoms with van der Waals surface area (Å²) in [6, 6.07) is -2.30. The molecule has 1 aliphatic rings. The van der Waals surface area contributed by atoms with E-state index in [1.165, 1.54) is 27.7 Å². The van der Waals surface area contributed by atoms with Gasteiger partial charge in [-0.05, 0) is 33.3 Å². The molecule has 8 nitrogen and oxygen atoms in total. The number of aromatic nitrogens is 2. The number of thiazole rings is 1. The molecule has 0 unspecified atom stereocenters. The van der Waals surface area contributed by atoms with E-state index < -0.39 is 90.0 Å². The third-order valence-corrected chi connectivity index (χ3v) is 7.12. The van der Waals surface area contributed by atoms with Gasteiger partial charge in [0.15, 0.2) is 5.01 Å². The van der Waals surface area contributed by atoms with Crippen LogP contribution in [0.5, 0.6) is 0 Å². The highest BCUT2D eigenvalue weighted by Crippen LogP contribution is 2.40. The topological polar surface area (TPSA) is 107 Å². The zero-order chi connectivity index (χ0) is 30.2. The second kappa shape index (κ2) is 11.5. The predicted octanol–water partition coefficient (Wildman–Crippen LogP) is 5.27. The minimum absolute atomic E-state index is 0.235. The van der Waals surface area contributed by atoms with Crippen molar-refractivity contribution in [3.05, 3.63) is 28.5 Å². The summed E-state index contributed by atoms with van der Waals surface area (Å²) in [5.41, 5.74) is -3.10. The van der Waals surface area contributed by atoms with E-state index in [0.717, 1.165) is 11.1 Å². The van der Waals surface area contributed by atoms with E-state index in [1.54, 1.807) is 0 Å². The minimum Gasteiger partial charge on any atom is -0.389 e. The zero-order valence-corrected chi connectivity index (χ0v) is 22.7. The first-order chi connectivity index (χ1) is 18.3. The molecule has 2 amide bonds. The van der Waals surface area contributed by atoms with Gasteiger partial charge in [0.05, 0.1) is 17.0 Å². The summed E-state index contributed by atoms with van der Waals surface area (Å²) in [4.78, 5) is 34.4. The monoisotopic (exact) mass is 599 g/mol. The summed E-state index contributed by atoms with van der Waals surface area (Å²) >= 11 is 0.506. The van der Waals surface area contributed by atoms with Crippen molar-refractivity contribution >= 4 is 29.0 Å². The Balaban J connectivity index is 2.10. The number of carbonyl (C=O) groups excluding carboxylic acids is 2. The van der Waals surface area contributed by atoms with E-state index in [-0.39, 0.29) is 16.4 Å². The fraction of sp³-hybridized carbons (Fsp3) is 0.583. The molecule has 1 fully saturated rings. The Morgan fingerprint density at radius 3 is 2.42 bits per heavy atom. The summed E-state index contributed by atoms with van der Waals surface area (Å²) in [5.74, 6) is -5.61. The Morgan fingerprint density at radius 1 is 1.27 bits per heavy atom. The molecule has 2 aromatic rings. The highest BCUT2D eigenvalue weighted by atomic mass is 32.1. The van der Waals surface area contributed by atoms with Crippen molar-refractivity contribution in [1.29, 1.82) is 0 Å². The van der Waals surface area contributed by atoms with Crippen LogP contribution in [-0.2, 0) is 0 Å². The number of halogens is 7. The van der Waals surface area contributed by atoms with Crippen LogP contribution in [0.1, 0.15) is 72.8 Å². The average molecular weight is 600 g/mol. The van der Waals surface area contributed by atoms with Gasteiger partial charge in [0.2, 0.25) is 0 Å². The molecule has 0 radical (unpaired) electrons. The first kappa shape index (κ1) is 31.5. The van der Waals surface area contributed by atoms with Crippen LogP contribution in [0.3, 0.4) is 0 Å². The quantitative estimate of drug-likeness (QED) is 0.340. The molecule has 2 atom stereocenters. The van der Waals surface area contributed by atoms with Crippen molar-refractivity contribution < 1.29 is 45.4 Å². The Bertz CT molecular complexity index is 1250. The first-order valence-electron chi connectivity index (χ1n) is 12.1. The van der Waals surface area contributed by atoms with Crippen LogP contribution < -0.4 is 10.6 Å². The van der Waals surface area contributed by atoms with E-state index in [2.05, 4.69) is 20.6 Å². The molecule has 3 rings (SSSR count). The number of nitrogens with one attached hydrogen (secondary N) is 2. The Kier molecular flexibility index (Phi) is 9.03. The standard InChI is InChI=1S/C24H28F7N5O3S/c1-5-14(24(29,30)31)34-15-6-12(18(25)26)13(8-32-15)17-16(21(38)36-10-23(27,28)7-11(36)2)35-20(40-17)19(37)33-9-22(3,4)39/h6,8,11,14,18,39H,5,7,9-10H2,1-4H3,(H,32,34)(H,33,37)/t11-,14-/m0/s1. The lowest BCUT2D eigenvalue weighted by molar-refractivity contribution is -0.142. The molecule has 3 heterocycles. The number of amides is 2. The Hall–Kier alpha value is -3.01. The van der Waals surface area contributed by atoms with Gasteiger partial charge in [0, 0.05) is 36.3 Å². The normalized spacial score (nSPS) is 18.2. The molecule has 1 saturated heterocycles. The van der Waals surface area contributed by atoms with Crippen LogP contribution in [0.25, 0.3) is 10.4 Å². The predicted molar refractivity (Wildman–Crippen MR) is 133 cm³/mol. The number of rotatable bonds is 9. The van der Waals surface area contributed by atoms with Gasteiger partial charge in [-0.1, -0.05) is 6.92 Å². The lowest BCUT2D eigenvalue weighted by Gasteiger charge is -2.22. The maximum atomic E-state index is 14.2. The van der Waals surface area contributed by atoms with E-state index >= 15 is 0 Å². The fourth-order valence-corrected chi connectivity index (χ4v) is 5.06. The van der Waals surface area contributed by atoms with Crippen molar-refractivity contribution in [2.45, 2.75) is 76.7 Å². The number of anilines is 1. The SMILES string of the molecule is CC[C@H](Nc1cc(C(F)F)c(-c2sc(C(=O)NCC(C)(C)O)nc2C(=O)N2CC(F)(F)C[C@@H]2C)cn1)C(F)(F)F. The van der Waals surface area contributed by atoms with Crippen LogP contribution >= 0.6 is 11.3 Å². The van der Waals surface area contributed by atoms with Gasteiger partial charge in [-0.25, -0.2) is 27.5 Å². The number of hydrogen-bond donors (Lipinski definition) is 3. The van der Waals surface area contributed by atoms with Crippen molar-refractivity contribution in [2.24, 2.45) is 0 Å². The van der Waals surface area contributed by atoms with Gasteiger partial charge in [-0.2, -0.15) is 13.2 Å². The molecule has 0 saturated carbocycles. The Labute approximate surface area is 229 Å². The molecule has 0 aromatic carbocycles. The molecule has 0 spiro atoms. The number of pyridine rings is 1. The van der Waals surface area contributed by atoms with E-state index in [0.29, 0.717) is 17.4 Å². The maximum absolute atomic E-state index is 14.2. The van der Waals surface area contributed by atoms with Crippen molar-refractivity contribution in [1.82, 2.24) is 20.2 Å². The van der Waals surface area contributed by atoms with Crippen LogP contribution in [0.15, 0.2) is 12.3 Å². The molecule has 0 aliphatic carbocycles. The lowest BCUT2D eigenvalue weighted by Crippen LogP contribution is -2.38. The number of nitrogens with zero attached hydrogens (tertiary/aromatic N) is 3. The van der Waals surface area contributed by atoms with Crippen LogP contribution in [0.4, 0.5) is 36.6 Å². The number of carbonyl (C=O) groups is 2. The molecule has 3 N–H and O–H groups in total. The summed E-state index contributed by atoms with van der Waals surface area (Å²) in [5, 5.41) is 14.0. The van der Waals surface area contributed by atoms with Crippen LogP contribution in [0.2, 0.25) is 0 Å². The van der Waals surface area contributed by atoms with E-state index in [4.69, 9.17) is 0 Å². The highest BCUT2D eigenvalue weighted by Gasteiger charge is 2.46. The molecule has 16 heteroatoms. The summed E-state index contributed by atoms with van der Waals surface area (Å²) in [6.45, 7) is 4.24. The summed E-state index contributed by atoms with van der Waals surface area (Å²) in [6.07, 6.45) is -8.17. The second-order valence-electron chi connectivity index (χ2n) is 10.1. The van der Waals surface area contributed by atoms with Gasteiger partial charge in [0.25, 0.3) is 24.2 Å². The molecule has 0 bridgehead atoms. The highest BCUT2D eigenvalue weighted by molar-refractivity contribution is 7.17. The van der Waals surface area contributed by atoms with Crippen molar-refractivity contribution in [3.63, 3.8) is 0 Å². The van der Waals surface area contributed by atoms with Crippen molar-refractivity contribution in [3.8, 4) is 10.4 Å². The number of likely N-dealkylation sites (tertiary alicyclic amines) is 1. The molecule has 2 aromatic heterocycles. The largest absolute Gasteiger partial charge is 0.408 e. The van der Waals surface area contributed by atoms with E-state index in [9.17, 15) is 45.4 Å². The molecular weight excluding hydrogens is 571 g/mol. The van der Waals surface area contributed by atoms with Gasteiger partial charge < -0.3 is 20.6 Å². The van der Waals surface area contributed by atoms with Gasteiger partial charge in [-0.15, -0.1) is 11.3 Å². The summed E-state index contributed by atoms with van der Waals surface area (Å²) < 4.78 is 96.0. The van der Waals surface area contributed by atoms with E-state index in [1.807, 2.05) is 0 Å². The fourth-order valence-electron chi connectivity index (χ4n) is 4.05. The molecule has 1 aliphatic heterocycles. The second-order valence-corrected chi connectivity index (χ2v) is 11.1. The molecule has 40 heavy (non-hydrogen) atoms. The number of hydrogen-bond acceptors (Lipinski definition) is 7. The minimum atomic E-state index is -4.68. The maximum Gasteiger partial charge on any atom is 0.408 e. The third kappa shape index (κ3) is 7.38. The van der Waals surface area contributed by atoms with Crippen molar-refractivity contribution in [2.75, 3.05) is 18.4 Å². The van der Waals surface area contributed by atoms with Crippen LogP contribution in [0, 0.1) is 0 Å².